The number of rotatable bonds is 4. The summed E-state index contributed by atoms with van der Waals surface area (Å²) in [5.41, 5.74) is 5.79. The molecule has 3 N–H and O–H groups in total. The molecule has 0 saturated heterocycles. The highest BCUT2D eigenvalue weighted by molar-refractivity contribution is 14.0. The molecule has 0 aliphatic carbocycles. The van der Waals surface area contributed by atoms with Crippen molar-refractivity contribution >= 4 is 39.8 Å². The van der Waals surface area contributed by atoms with Crippen LogP contribution >= 0.6 is 24.0 Å². The standard InChI is InChI=1S/C12H18FN3O2S.HI/c1-8(2)16-12(14)15-7-9-6-10(19(3,17)18)4-5-11(9)13;/h4-6,8H,7H2,1-3H3,(H3,14,15,16);1H. The lowest BCUT2D eigenvalue weighted by Crippen LogP contribution is -2.36. The zero-order valence-corrected chi connectivity index (χ0v) is 14.7. The summed E-state index contributed by atoms with van der Waals surface area (Å²) in [5, 5.41) is 2.86. The highest BCUT2D eigenvalue weighted by Gasteiger charge is 2.10. The van der Waals surface area contributed by atoms with Crippen LogP contribution in [-0.2, 0) is 16.4 Å². The third-order valence-corrected chi connectivity index (χ3v) is 3.41. The van der Waals surface area contributed by atoms with Gasteiger partial charge in [-0.3, -0.25) is 0 Å². The summed E-state index contributed by atoms with van der Waals surface area (Å²) < 4.78 is 36.3. The van der Waals surface area contributed by atoms with Gasteiger partial charge in [-0.1, -0.05) is 0 Å². The van der Waals surface area contributed by atoms with E-state index in [4.69, 9.17) is 5.73 Å². The van der Waals surface area contributed by atoms with Gasteiger partial charge in [0.1, 0.15) is 5.82 Å². The predicted molar refractivity (Wildman–Crippen MR) is 88.5 cm³/mol. The van der Waals surface area contributed by atoms with Crippen molar-refractivity contribution in [1.29, 1.82) is 0 Å². The number of aliphatic imine (C=N–C) groups is 1. The number of guanidine groups is 1. The monoisotopic (exact) mass is 415 g/mol. The van der Waals surface area contributed by atoms with Crippen molar-refractivity contribution < 1.29 is 12.8 Å². The molecule has 0 aliphatic heterocycles. The van der Waals surface area contributed by atoms with E-state index in [-0.39, 0.29) is 53.0 Å². The molecule has 1 rings (SSSR count). The van der Waals surface area contributed by atoms with Crippen molar-refractivity contribution in [3.63, 3.8) is 0 Å². The smallest absolute Gasteiger partial charge is 0.189 e. The lowest BCUT2D eigenvalue weighted by Gasteiger charge is -2.09. The molecule has 1 aromatic carbocycles. The van der Waals surface area contributed by atoms with Crippen LogP contribution in [0.2, 0.25) is 0 Å². The molecule has 0 radical (unpaired) electrons. The molecule has 1 aromatic rings. The average Bonchev–Trinajstić information content (AvgIpc) is 2.25. The van der Waals surface area contributed by atoms with Crippen molar-refractivity contribution in [2.24, 2.45) is 10.7 Å². The summed E-state index contributed by atoms with van der Waals surface area (Å²) >= 11 is 0. The summed E-state index contributed by atoms with van der Waals surface area (Å²) in [6.07, 6.45) is 1.07. The first-order valence-corrected chi connectivity index (χ1v) is 7.64. The topological polar surface area (TPSA) is 84.5 Å². The first-order chi connectivity index (χ1) is 8.70. The van der Waals surface area contributed by atoms with E-state index >= 15 is 0 Å². The summed E-state index contributed by atoms with van der Waals surface area (Å²) in [6.45, 7) is 3.78. The van der Waals surface area contributed by atoms with Crippen LogP contribution in [0.5, 0.6) is 0 Å². The average molecular weight is 415 g/mol. The zero-order valence-electron chi connectivity index (χ0n) is 11.6. The molecule has 0 fully saturated rings. The summed E-state index contributed by atoms with van der Waals surface area (Å²) in [4.78, 5) is 4.03. The normalized spacial score (nSPS) is 12.2. The van der Waals surface area contributed by atoms with Gasteiger partial charge >= 0.3 is 0 Å². The molecule has 0 atom stereocenters. The van der Waals surface area contributed by atoms with E-state index in [0.717, 1.165) is 12.3 Å². The molecule has 5 nitrogen and oxygen atoms in total. The Hall–Kier alpha value is -0.900. The Morgan fingerprint density at radius 1 is 1.45 bits per heavy atom. The lowest BCUT2D eigenvalue weighted by atomic mass is 10.2. The first kappa shape index (κ1) is 19.1. The van der Waals surface area contributed by atoms with E-state index in [1.807, 2.05) is 13.8 Å². The van der Waals surface area contributed by atoms with E-state index < -0.39 is 15.7 Å². The number of nitrogens with two attached hydrogens (primary N) is 1. The number of nitrogens with one attached hydrogen (secondary N) is 1. The Morgan fingerprint density at radius 2 is 2.05 bits per heavy atom. The molecule has 20 heavy (non-hydrogen) atoms. The van der Waals surface area contributed by atoms with E-state index in [0.29, 0.717) is 0 Å². The molecule has 0 aromatic heterocycles. The van der Waals surface area contributed by atoms with Crippen LogP contribution in [0, 0.1) is 5.82 Å². The number of hydrogen-bond acceptors (Lipinski definition) is 3. The Bertz CT molecular complexity index is 588. The number of sulfone groups is 1. The van der Waals surface area contributed by atoms with Crippen LogP contribution < -0.4 is 11.1 Å². The Labute approximate surface area is 135 Å². The van der Waals surface area contributed by atoms with E-state index in [1.165, 1.54) is 12.1 Å². The Kier molecular flexibility index (Phi) is 7.42. The second kappa shape index (κ2) is 7.77. The summed E-state index contributed by atoms with van der Waals surface area (Å²) in [5.74, 6) is -0.312. The van der Waals surface area contributed by atoms with Crippen molar-refractivity contribution in [3.8, 4) is 0 Å². The second-order valence-electron chi connectivity index (χ2n) is 4.53. The SMILES string of the molecule is CC(C)NC(N)=NCc1cc(S(C)(=O)=O)ccc1F.I. The van der Waals surface area contributed by atoms with Gasteiger partial charge in [0.05, 0.1) is 11.4 Å². The van der Waals surface area contributed by atoms with Crippen LogP contribution in [0.4, 0.5) is 4.39 Å². The maximum absolute atomic E-state index is 13.5. The lowest BCUT2D eigenvalue weighted by molar-refractivity contribution is 0.596. The maximum atomic E-state index is 13.5. The van der Waals surface area contributed by atoms with E-state index in [9.17, 15) is 12.8 Å². The number of hydrogen-bond donors (Lipinski definition) is 2. The van der Waals surface area contributed by atoms with Crippen molar-refractivity contribution in [2.45, 2.75) is 31.3 Å². The van der Waals surface area contributed by atoms with Crippen LogP contribution in [0.3, 0.4) is 0 Å². The molecular weight excluding hydrogens is 396 g/mol. The third kappa shape index (κ3) is 6.04. The van der Waals surface area contributed by atoms with Gasteiger partial charge in [0.2, 0.25) is 0 Å². The fraction of sp³-hybridized carbons (Fsp3) is 0.417. The fourth-order valence-electron chi connectivity index (χ4n) is 1.41. The number of nitrogens with zero attached hydrogens (tertiary/aromatic N) is 1. The zero-order chi connectivity index (χ0) is 14.6. The molecule has 0 saturated carbocycles. The number of benzene rings is 1. The van der Waals surface area contributed by atoms with Gasteiger partial charge in [-0.05, 0) is 32.0 Å². The van der Waals surface area contributed by atoms with E-state index in [1.54, 1.807) is 0 Å². The van der Waals surface area contributed by atoms with Gasteiger partial charge in [0, 0.05) is 17.9 Å². The summed E-state index contributed by atoms with van der Waals surface area (Å²) in [7, 11) is -3.36. The number of halogens is 2. The van der Waals surface area contributed by atoms with Gasteiger partial charge in [0.25, 0.3) is 0 Å². The van der Waals surface area contributed by atoms with Crippen LogP contribution in [0.15, 0.2) is 28.1 Å². The van der Waals surface area contributed by atoms with Crippen LogP contribution in [-0.4, -0.2) is 26.7 Å². The molecule has 114 valence electrons. The van der Waals surface area contributed by atoms with Gasteiger partial charge < -0.3 is 11.1 Å². The highest BCUT2D eigenvalue weighted by atomic mass is 127. The van der Waals surface area contributed by atoms with Gasteiger partial charge in [-0.2, -0.15) is 0 Å². The summed E-state index contributed by atoms with van der Waals surface area (Å²) in [6, 6.07) is 3.74. The quantitative estimate of drug-likeness (QED) is 0.339. The van der Waals surface area contributed by atoms with Crippen molar-refractivity contribution in [1.82, 2.24) is 5.32 Å². The molecule has 8 heteroatoms. The first-order valence-electron chi connectivity index (χ1n) is 5.75. The maximum Gasteiger partial charge on any atom is 0.189 e. The third-order valence-electron chi connectivity index (χ3n) is 2.30. The Morgan fingerprint density at radius 3 is 2.55 bits per heavy atom. The van der Waals surface area contributed by atoms with Gasteiger partial charge in [0.15, 0.2) is 15.8 Å². The minimum absolute atomic E-state index is 0. The molecule has 0 amide bonds. The molecular formula is C12H19FIN3O2S. The molecule has 0 bridgehead atoms. The van der Waals surface area contributed by atoms with Crippen LogP contribution in [0.1, 0.15) is 19.4 Å². The molecule has 0 heterocycles. The predicted octanol–water partition coefficient (Wildman–Crippen LogP) is 1.66. The Balaban J connectivity index is 0.00000361. The van der Waals surface area contributed by atoms with Crippen molar-refractivity contribution in [2.75, 3.05) is 6.26 Å². The molecule has 0 unspecified atom stereocenters. The minimum atomic E-state index is -3.36. The molecule has 0 spiro atoms. The minimum Gasteiger partial charge on any atom is -0.370 e. The molecule has 0 aliphatic rings. The highest BCUT2D eigenvalue weighted by Crippen LogP contribution is 2.15. The van der Waals surface area contributed by atoms with Crippen LogP contribution in [0.25, 0.3) is 0 Å². The van der Waals surface area contributed by atoms with Gasteiger partial charge in [-0.25, -0.2) is 17.8 Å². The fourth-order valence-corrected chi connectivity index (χ4v) is 2.09. The van der Waals surface area contributed by atoms with Gasteiger partial charge in [-0.15, -0.1) is 24.0 Å². The van der Waals surface area contributed by atoms with Crippen molar-refractivity contribution in [3.05, 3.63) is 29.6 Å². The largest absolute Gasteiger partial charge is 0.370 e. The second-order valence-corrected chi connectivity index (χ2v) is 6.54. The van der Waals surface area contributed by atoms with E-state index in [2.05, 4.69) is 10.3 Å².